The maximum absolute atomic E-state index is 6.90. The SMILES string of the molecule is c1ccc(N(c2ccc(-c3ccc(-c4ccc5ccc(-c6ccc7c(c6)oc6cccc(-c8ccccc8N(c8ccc(-c9ccc%10ccccc%10c9)cc8)c8cccc9c8oc8ccccc89)c67)cc5c4)cc3)cc2)c2cccc3c2oc2ccccc23)c(-c2cccc3oc4ccccc4c23)c1. The van der Waals surface area contributed by atoms with Gasteiger partial charge in [0, 0.05) is 65.6 Å². The van der Waals surface area contributed by atoms with Crippen LogP contribution in [0.3, 0.4) is 0 Å². The molecular weight excluding hydrogens is 1270 g/mol. The topological polar surface area (TPSA) is 59.0 Å². The van der Waals surface area contributed by atoms with Crippen LogP contribution in [-0.4, -0.2) is 0 Å². The number of benzene rings is 17. The normalized spacial score (nSPS) is 11.8. The van der Waals surface area contributed by atoms with Gasteiger partial charge in [-0.15, -0.1) is 0 Å². The maximum atomic E-state index is 6.90. The Morgan fingerprint density at radius 3 is 1.04 bits per heavy atom. The molecule has 21 aromatic rings. The van der Waals surface area contributed by atoms with Gasteiger partial charge < -0.3 is 27.5 Å². The fourth-order valence-corrected chi connectivity index (χ4v) is 16.1. The number of fused-ring (bicyclic) bond motifs is 14. The van der Waals surface area contributed by atoms with Gasteiger partial charge in [0.25, 0.3) is 0 Å². The van der Waals surface area contributed by atoms with E-state index in [-0.39, 0.29) is 0 Å². The number of hydrogen-bond acceptors (Lipinski definition) is 6. The average Bonchev–Trinajstić information content (AvgIpc) is 1.50. The summed E-state index contributed by atoms with van der Waals surface area (Å²) in [6.45, 7) is 0. The highest BCUT2D eigenvalue weighted by Crippen LogP contribution is 2.51. The molecule has 0 fully saturated rings. The molecule has 6 heteroatoms. The predicted octanol–water partition coefficient (Wildman–Crippen LogP) is 28.5. The van der Waals surface area contributed by atoms with Crippen LogP contribution in [0.5, 0.6) is 0 Å². The first-order valence-corrected chi connectivity index (χ1v) is 35.3. The minimum Gasteiger partial charge on any atom is -0.456 e. The summed E-state index contributed by atoms with van der Waals surface area (Å²) in [5.74, 6) is 0. The van der Waals surface area contributed by atoms with Crippen LogP contribution in [0, 0.1) is 0 Å². The summed E-state index contributed by atoms with van der Waals surface area (Å²) in [6.07, 6.45) is 0. The first kappa shape index (κ1) is 59.0. The van der Waals surface area contributed by atoms with Crippen LogP contribution in [0.2, 0.25) is 0 Å². The highest BCUT2D eigenvalue weighted by molar-refractivity contribution is 6.18. The molecule has 104 heavy (non-hydrogen) atoms. The summed E-state index contributed by atoms with van der Waals surface area (Å²) in [7, 11) is 0. The third-order valence-corrected chi connectivity index (χ3v) is 21.1. The molecule has 4 aromatic heterocycles. The van der Waals surface area contributed by atoms with E-state index < -0.39 is 0 Å². The minimum absolute atomic E-state index is 0.826. The number of furan rings is 4. The molecule has 0 aliphatic carbocycles. The molecule has 0 N–H and O–H groups in total. The molecule has 0 saturated heterocycles. The lowest BCUT2D eigenvalue weighted by atomic mass is 9.95. The molecule has 0 spiro atoms. The first-order chi connectivity index (χ1) is 51.5. The van der Waals surface area contributed by atoms with Crippen molar-refractivity contribution in [2.45, 2.75) is 0 Å². The number of para-hydroxylation sites is 7. The zero-order valence-corrected chi connectivity index (χ0v) is 56.2. The van der Waals surface area contributed by atoms with Gasteiger partial charge in [-0.1, -0.05) is 255 Å². The molecular formula is C98H60N2O4. The third kappa shape index (κ3) is 9.72. The number of nitrogens with zero attached hydrogens (tertiary/aromatic N) is 2. The van der Waals surface area contributed by atoms with Gasteiger partial charge >= 0.3 is 0 Å². The molecule has 0 amide bonds. The summed E-state index contributed by atoms with van der Waals surface area (Å²) < 4.78 is 27.0. The van der Waals surface area contributed by atoms with E-state index in [2.05, 4.69) is 343 Å². The van der Waals surface area contributed by atoms with Crippen LogP contribution < -0.4 is 9.80 Å². The fourth-order valence-electron chi connectivity index (χ4n) is 16.1. The van der Waals surface area contributed by atoms with Gasteiger partial charge in [-0.2, -0.15) is 0 Å². The molecule has 6 nitrogen and oxygen atoms in total. The molecule has 17 aromatic carbocycles. The van der Waals surface area contributed by atoms with Crippen molar-refractivity contribution < 1.29 is 17.7 Å². The quantitative estimate of drug-likeness (QED) is 0.121. The van der Waals surface area contributed by atoms with Gasteiger partial charge in [0.2, 0.25) is 0 Å². The molecule has 0 bridgehead atoms. The highest BCUT2D eigenvalue weighted by Gasteiger charge is 2.27. The monoisotopic (exact) mass is 1330 g/mol. The zero-order valence-electron chi connectivity index (χ0n) is 56.2. The van der Waals surface area contributed by atoms with E-state index in [4.69, 9.17) is 17.7 Å². The van der Waals surface area contributed by atoms with Gasteiger partial charge in [-0.05, 0) is 186 Å². The van der Waals surface area contributed by atoms with Crippen molar-refractivity contribution in [3.63, 3.8) is 0 Å². The smallest absolute Gasteiger partial charge is 0.159 e. The predicted molar refractivity (Wildman–Crippen MR) is 433 cm³/mol. The molecule has 486 valence electrons. The van der Waals surface area contributed by atoms with Crippen LogP contribution >= 0.6 is 0 Å². The van der Waals surface area contributed by atoms with Crippen molar-refractivity contribution in [1.29, 1.82) is 0 Å². The van der Waals surface area contributed by atoms with Crippen molar-refractivity contribution in [2.24, 2.45) is 0 Å². The van der Waals surface area contributed by atoms with Crippen LogP contribution in [0.15, 0.2) is 382 Å². The van der Waals surface area contributed by atoms with Crippen molar-refractivity contribution in [2.75, 3.05) is 9.80 Å². The molecule has 0 radical (unpaired) electrons. The second-order valence-electron chi connectivity index (χ2n) is 27.0. The Balaban J connectivity index is 0.598. The molecule has 21 rings (SSSR count). The van der Waals surface area contributed by atoms with Gasteiger partial charge in [-0.25, -0.2) is 0 Å². The summed E-state index contributed by atoms with van der Waals surface area (Å²) >= 11 is 0. The van der Waals surface area contributed by atoms with E-state index >= 15 is 0 Å². The van der Waals surface area contributed by atoms with Crippen molar-refractivity contribution >= 4 is 143 Å². The third-order valence-electron chi connectivity index (χ3n) is 21.1. The number of rotatable bonds is 12. The van der Waals surface area contributed by atoms with Crippen LogP contribution in [0.25, 0.3) is 176 Å². The zero-order chi connectivity index (χ0) is 68.3. The second-order valence-corrected chi connectivity index (χ2v) is 27.0. The minimum atomic E-state index is 0.826. The largest absolute Gasteiger partial charge is 0.456 e. The van der Waals surface area contributed by atoms with E-state index in [0.29, 0.717) is 0 Å². The van der Waals surface area contributed by atoms with Gasteiger partial charge in [0.1, 0.15) is 33.5 Å². The molecule has 0 aliphatic heterocycles. The van der Waals surface area contributed by atoms with Gasteiger partial charge in [0.05, 0.1) is 22.7 Å². The summed E-state index contributed by atoms with van der Waals surface area (Å²) in [5, 5.41) is 13.4. The Morgan fingerprint density at radius 1 is 0.173 bits per heavy atom. The van der Waals surface area contributed by atoms with E-state index in [9.17, 15) is 0 Å². The standard InChI is InChI=1S/C98H60N2O4/c1-2-18-67-57-68(44-41-61(67)17-1)65-49-54-74(55-50-65)100(88-31-14-27-82-78-22-6-11-33-90(78)104-98(82)88)86-29-9-4-20-76(86)80-25-16-36-93-96(80)84-56-51-71(60-94(84)102-93)70-46-43-66-42-45-69(58-72(66)59-70)64-39-37-62(38-40-64)63-47-52-73(53-48-63)99(87-30-13-26-81-77-21-5-10-32-89(77)103-97(81)87)85-28-8-3-19-75(85)79-24-15-35-92-95(79)83-23-7-12-34-91(83)101-92/h1-60H. The molecule has 0 aliphatic rings. The maximum Gasteiger partial charge on any atom is 0.159 e. The Kier molecular flexibility index (Phi) is 13.5. The van der Waals surface area contributed by atoms with Crippen LogP contribution in [-0.2, 0) is 0 Å². The van der Waals surface area contributed by atoms with Crippen molar-refractivity contribution in [1.82, 2.24) is 0 Å². The lowest BCUT2D eigenvalue weighted by molar-refractivity contribution is 0.668. The Labute approximate surface area is 598 Å². The number of hydrogen-bond donors (Lipinski definition) is 0. The van der Waals surface area contributed by atoms with Crippen LogP contribution in [0.4, 0.5) is 34.1 Å². The van der Waals surface area contributed by atoms with E-state index in [1.165, 1.54) is 21.7 Å². The lowest BCUT2D eigenvalue weighted by Gasteiger charge is -2.28. The molecule has 4 heterocycles. The molecule has 0 atom stereocenters. The van der Waals surface area contributed by atoms with Crippen LogP contribution in [0.1, 0.15) is 0 Å². The van der Waals surface area contributed by atoms with E-state index in [1.54, 1.807) is 0 Å². The summed E-state index contributed by atoms with van der Waals surface area (Å²) in [4.78, 5) is 4.71. The summed E-state index contributed by atoms with van der Waals surface area (Å²) in [5.41, 5.74) is 26.0. The molecule has 0 saturated carbocycles. The average molecular weight is 1330 g/mol. The lowest BCUT2D eigenvalue weighted by Crippen LogP contribution is -2.11. The molecule has 0 unspecified atom stereocenters. The Bertz CT molecular complexity index is 6990. The van der Waals surface area contributed by atoms with E-state index in [1.807, 2.05) is 30.3 Å². The van der Waals surface area contributed by atoms with Crippen molar-refractivity contribution in [3.05, 3.63) is 364 Å². The van der Waals surface area contributed by atoms with E-state index in [0.717, 1.165) is 188 Å². The summed E-state index contributed by atoms with van der Waals surface area (Å²) in [6, 6.07) is 130. The first-order valence-electron chi connectivity index (χ1n) is 35.3. The van der Waals surface area contributed by atoms with Gasteiger partial charge in [-0.3, -0.25) is 0 Å². The number of anilines is 6. The Morgan fingerprint density at radius 2 is 0.500 bits per heavy atom. The van der Waals surface area contributed by atoms with Gasteiger partial charge in [0.15, 0.2) is 11.2 Å². The Hall–Kier alpha value is -13.9. The highest BCUT2D eigenvalue weighted by atomic mass is 16.3. The van der Waals surface area contributed by atoms with Crippen molar-refractivity contribution in [3.8, 4) is 66.8 Å². The second kappa shape index (κ2) is 23.9. The fraction of sp³-hybridized carbons (Fsp3) is 0.